The molecular formula is C61H102F6N4O22. The lowest BCUT2D eigenvalue weighted by Crippen LogP contribution is -2.42. The molecule has 32 heteroatoms. The van der Waals surface area contributed by atoms with Crippen molar-refractivity contribution in [3.05, 3.63) is 11.4 Å². The van der Waals surface area contributed by atoms with Gasteiger partial charge in [0.2, 0.25) is 5.54 Å². The molecule has 0 saturated heterocycles. The third-order valence-corrected chi connectivity index (χ3v) is 13.8. The molecule has 0 fully saturated rings. The first kappa shape index (κ1) is 97.2. The lowest BCUT2D eigenvalue weighted by molar-refractivity contribution is -0.849. The summed E-state index contributed by atoms with van der Waals surface area (Å²) in [6.07, 6.45) is -9.74. The highest BCUT2D eigenvalue weighted by atomic mass is 19.4. The number of aliphatic hydroxyl groups excluding tert-OH is 3. The Morgan fingerprint density at radius 1 is 0.495 bits per heavy atom. The van der Waals surface area contributed by atoms with Crippen molar-refractivity contribution in [1.82, 2.24) is 0 Å². The third-order valence-electron chi connectivity index (χ3n) is 13.8. The summed E-state index contributed by atoms with van der Waals surface area (Å²) >= 11 is 0. The Morgan fingerprint density at radius 2 is 0.796 bits per heavy atom. The Kier molecular flexibility index (Phi) is 48.3. The number of carbonyl (C=O) groups is 9. The van der Waals surface area contributed by atoms with Crippen LogP contribution in [0.25, 0.3) is 4.85 Å². The number of hydrogen-bond donors (Lipinski definition) is 5. The number of halogens is 6. The second-order valence-electron chi connectivity index (χ2n) is 25.4. The summed E-state index contributed by atoms with van der Waals surface area (Å²) < 4.78 is 108. The fourth-order valence-electron chi connectivity index (χ4n) is 7.56. The van der Waals surface area contributed by atoms with E-state index >= 15 is 0 Å². The van der Waals surface area contributed by atoms with Crippen molar-refractivity contribution in [3.63, 3.8) is 0 Å². The number of carboxylic acid groups (broad SMARTS) is 2. The average molecular weight is 1360 g/mol. The Morgan fingerprint density at radius 3 is 1.05 bits per heavy atom. The van der Waals surface area contributed by atoms with Gasteiger partial charge in [0.05, 0.1) is 87.0 Å². The topological polar surface area (TPSA) is 401 Å². The molecule has 0 aliphatic carbocycles. The number of esters is 7. The molecule has 0 radical (unpaired) electrons. The number of carbonyl (C=O) groups excluding carboxylic acids is 7. The number of hydrogen-bond acceptors (Lipinski definition) is 22. The fraction of sp³-hybridized carbons (Fsp3) is 0.803. The standard InChI is InChI=1S/C37H52F6N2O12.C15H23NO6.C4H12N.C3H8O2.C2H6O.H2O/c1-24(2)34(7,30(50)54-17-28(48)56-22-36(38,39)40)19-32(5,21-44)13-11-26(46)52-15-10-16-53-27(47)12-14-33(6,45-9)20-35(8,25(3)4)31(51)55-18-29(49)57-23-37(41,42)43;1-10(2)15(4,13(21)22-7-12(19)20)8-14(3,9-16)6-5-11(17)18;1-5(2,3)4;4-2-1-3-5;1-2-3;/h24-25H,10-20,22-23H2,1-8H3;10H,5-8H2,1-4H3,(H,17,18)(H,19,20);1-4H3;4-5H,1-3H2;3H,2H2,1H3;1H2/q;;+1;;;/p-1. The lowest BCUT2D eigenvalue weighted by atomic mass is 9.66. The number of aliphatic carboxylic acids is 2. The van der Waals surface area contributed by atoms with Crippen molar-refractivity contribution in [1.29, 1.82) is 10.5 Å². The van der Waals surface area contributed by atoms with Crippen LogP contribution in [-0.4, -0.2) is 201 Å². The fourth-order valence-corrected chi connectivity index (χ4v) is 7.56. The SMILES string of the molecule is CC(C)C(C)(CC(C)(C#N)CCC(=O)O)C(=O)OCC(=O)O.CCO.C[N+](C)(C)C.OCCCO.[C-]#[N+]C(C)(CCC(=O)OCCCOC(=O)CCC(C)(C#N)CC(C)(C(=O)OCC(=O)OCC(F)(F)F)C(C)C)CC(C)(C(=O)OCC(=O)OCC(F)(F)F)C(C)C.[OH-]. The first-order valence-corrected chi connectivity index (χ1v) is 29.3. The molecule has 26 nitrogen and oxygen atoms in total. The van der Waals surface area contributed by atoms with Gasteiger partial charge in [-0.2, -0.15) is 36.9 Å². The van der Waals surface area contributed by atoms with Gasteiger partial charge in [-0.1, -0.05) is 41.5 Å². The predicted octanol–water partition coefficient (Wildman–Crippen LogP) is 8.20. The number of nitrogens with zero attached hydrogens (tertiary/aromatic N) is 4. The first-order chi connectivity index (χ1) is 41.8. The molecule has 0 spiro atoms. The highest BCUT2D eigenvalue weighted by molar-refractivity contribution is 5.82. The molecule has 0 amide bonds. The molecule has 540 valence electrons. The number of quaternary nitrogens is 1. The van der Waals surface area contributed by atoms with E-state index < -0.39 is 144 Å². The van der Waals surface area contributed by atoms with Crippen LogP contribution in [0, 0.1) is 74.1 Å². The van der Waals surface area contributed by atoms with Gasteiger partial charge in [-0.05, 0) is 91.4 Å². The van der Waals surface area contributed by atoms with Crippen LogP contribution < -0.4 is 0 Å². The maximum absolute atomic E-state index is 12.9. The van der Waals surface area contributed by atoms with Gasteiger partial charge >= 0.3 is 66.1 Å². The Labute approximate surface area is 542 Å². The van der Waals surface area contributed by atoms with E-state index in [4.69, 9.17) is 55.8 Å². The molecule has 6 atom stereocenters. The van der Waals surface area contributed by atoms with Gasteiger partial charge in [-0.25, -0.2) is 21.0 Å². The van der Waals surface area contributed by atoms with E-state index in [1.54, 1.807) is 62.3 Å². The van der Waals surface area contributed by atoms with Crippen LogP contribution in [0.1, 0.15) is 161 Å². The second-order valence-corrected chi connectivity index (χ2v) is 25.4. The molecule has 93 heavy (non-hydrogen) atoms. The number of nitriles is 2. The zero-order valence-electron chi connectivity index (χ0n) is 56.9. The van der Waals surface area contributed by atoms with Crippen LogP contribution in [0.4, 0.5) is 26.3 Å². The largest absolute Gasteiger partial charge is 0.870 e. The zero-order valence-corrected chi connectivity index (χ0v) is 56.9. The summed E-state index contributed by atoms with van der Waals surface area (Å²) in [5, 5.41) is 60.0. The summed E-state index contributed by atoms with van der Waals surface area (Å²) in [7, 11) is 8.50. The number of rotatable bonds is 35. The van der Waals surface area contributed by atoms with Gasteiger partial charge in [0.25, 0.3) is 0 Å². The van der Waals surface area contributed by atoms with Crippen molar-refractivity contribution in [2.45, 2.75) is 179 Å². The molecule has 0 saturated carbocycles. The quantitative estimate of drug-likeness (QED) is 0.00996. The maximum atomic E-state index is 12.9. The molecule has 0 aliphatic rings. The molecule has 0 rings (SSSR count). The molecule has 6 unspecified atom stereocenters. The van der Waals surface area contributed by atoms with E-state index in [-0.39, 0.29) is 109 Å². The van der Waals surface area contributed by atoms with Crippen molar-refractivity contribution < 1.29 is 138 Å². The molecule has 0 aliphatic heterocycles. The molecule has 0 aromatic rings. The van der Waals surface area contributed by atoms with Crippen molar-refractivity contribution in [2.75, 3.05) is 94.3 Å². The Balaban J connectivity index is -0.000000427. The van der Waals surface area contributed by atoms with E-state index in [1.807, 2.05) is 0 Å². The number of ether oxygens (including phenoxy) is 7. The van der Waals surface area contributed by atoms with E-state index in [2.05, 4.69) is 54.6 Å². The van der Waals surface area contributed by atoms with E-state index in [0.717, 1.165) is 4.48 Å². The van der Waals surface area contributed by atoms with Crippen LogP contribution in [0.15, 0.2) is 0 Å². The highest BCUT2D eigenvalue weighted by Gasteiger charge is 2.49. The third kappa shape index (κ3) is 47.6. The Hall–Kier alpha value is -6.92. The minimum Gasteiger partial charge on any atom is -0.870 e. The van der Waals surface area contributed by atoms with Gasteiger partial charge in [0.15, 0.2) is 33.0 Å². The van der Waals surface area contributed by atoms with Crippen LogP contribution in [-0.2, 0) is 76.3 Å². The highest BCUT2D eigenvalue weighted by Crippen LogP contribution is 2.45. The molecule has 0 aromatic carbocycles. The van der Waals surface area contributed by atoms with Crippen molar-refractivity contribution in [2.24, 2.45) is 44.8 Å². The molecule has 6 N–H and O–H groups in total. The summed E-state index contributed by atoms with van der Waals surface area (Å²) in [5.41, 5.74) is -7.40. The van der Waals surface area contributed by atoms with Crippen molar-refractivity contribution >= 4 is 53.7 Å². The second kappa shape index (κ2) is 46.2. The molecular weight excluding hydrogens is 1250 g/mol. The van der Waals surface area contributed by atoms with Crippen molar-refractivity contribution in [3.8, 4) is 12.1 Å². The van der Waals surface area contributed by atoms with E-state index in [9.17, 15) is 80.0 Å². The number of alkyl halides is 6. The number of aliphatic hydroxyl groups is 3. The van der Waals surface area contributed by atoms with Crippen LogP contribution >= 0.6 is 0 Å². The monoisotopic (exact) mass is 1360 g/mol. The minimum absolute atomic E-state index is 0. The minimum atomic E-state index is -4.76. The smallest absolute Gasteiger partial charge is 0.422 e. The summed E-state index contributed by atoms with van der Waals surface area (Å²) in [5.74, 6) is -10.1. The van der Waals surface area contributed by atoms with E-state index in [1.165, 1.54) is 27.7 Å². The maximum Gasteiger partial charge on any atom is 0.422 e. The zero-order chi connectivity index (χ0) is 73.3. The summed E-state index contributed by atoms with van der Waals surface area (Å²) in [4.78, 5) is 111. The summed E-state index contributed by atoms with van der Waals surface area (Å²) in [6, 6.07) is 4.16. The molecule has 0 heterocycles. The lowest BCUT2D eigenvalue weighted by Gasteiger charge is -2.36. The predicted molar refractivity (Wildman–Crippen MR) is 319 cm³/mol. The van der Waals surface area contributed by atoms with Gasteiger partial charge < -0.3 is 73.5 Å². The first-order valence-electron chi connectivity index (χ1n) is 29.3. The normalized spacial score (nSPS) is 14.9. The number of carboxylic acids is 2. The van der Waals surface area contributed by atoms with Gasteiger partial charge in [-0.15, -0.1) is 0 Å². The van der Waals surface area contributed by atoms with Gasteiger partial charge in [0, 0.05) is 58.8 Å². The molecule has 0 aromatic heterocycles. The summed E-state index contributed by atoms with van der Waals surface area (Å²) in [6.45, 7) is 22.3. The van der Waals surface area contributed by atoms with Crippen LogP contribution in [0.3, 0.4) is 0 Å². The average Bonchev–Trinajstić information content (AvgIpc) is 0.828. The molecule has 0 bridgehead atoms. The van der Waals surface area contributed by atoms with Crippen LogP contribution in [0.2, 0.25) is 0 Å². The van der Waals surface area contributed by atoms with Gasteiger partial charge in [0.1, 0.15) is 0 Å². The van der Waals surface area contributed by atoms with Gasteiger partial charge in [-0.3, -0.25) is 28.8 Å². The Bertz CT molecular complexity index is 2310. The van der Waals surface area contributed by atoms with E-state index in [0.29, 0.717) is 6.42 Å². The van der Waals surface area contributed by atoms with Crippen LogP contribution in [0.5, 0.6) is 0 Å².